The SMILES string of the molecule is CCCCCCCCCCCCCCCCCCCCCCCCCCNC(CO[C@H]1O[C@H](COC(=S)Nc2ccc([N+](=O)[O-])cc2)[C@H](O)[C@H](O)[C@H]1O)C(O)C(O)CCCCCCCCCCCCCCC(O[C@H]1O[C@H](COC(=S)Nc2ccccc2[N+](=O)[O-])[C@H](O)[C@H](O)[C@H]1O)[C@@H](NCCCCCCCCCCCCCCCCCCCCCCCCCC)[C@H](O)[C@H](O)CCCCCCCCCCCCCC. The van der Waals surface area contributed by atoms with E-state index in [1.165, 1.54) is 351 Å². The Morgan fingerprint density at radius 2 is 0.641 bits per heavy atom. The summed E-state index contributed by atoms with van der Waals surface area (Å²) in [5.41, 5.74) is 0.187. The van der Waals surface area contributed by atoms with Gasteiger partial charge in [0, 0.05) is 23.9 Å². The van der Waals surface area contributed by atoms with Crippen molar-refractivity contribution in [1.82, 2.24) is 10.6 Å². The molecule has 142 heavy (non-hydrogen) atoms. The summed E-state index contributed by atoms with van der Waals surface area (Å²) in [6.45, 7) is 6.94. The van der Waals surface area contributed by atoms with Gasteiger partial charge in [0.05, 0.1) is 59.1 Å². The van der Waals surface area contributed by atoms with Crippen LogP contribution < -0.4 is 21.3 Å². The predicted octanol–water partition coefficient (Wildman–Crippen LogP) is 26.3. The van der Waals surface area contributed by atoms with E-state index in [0.717, 1.165) is 141 Å². The Morgan fingerprint density at radius 1 is 0.345 bits per heavy atom. The molecule has 2 fully saturated rings. The number of non-ortho nitro benzene ring substituents is 1. The number of nitro benzene ring substituents is 2. The van der Waals surface area contributed by atoms with E-state index in [1.807, 2.05) is 0 Å². The zero-order valence-corrected chi connectivity index (χ0v) is 90.9. The molecule has 14 N–H and O–H groups in total. The van der Waals surface area contributed by atoms with Crippen LogP contribution in [0.5, 0.6) is 0 Å². The van der Waals surface area contributed by atoms with Gasteiger partial charge in [0.15, 0.2) is 12.6 Å². The third-order valence-corrected chi connectivity index (χ3v) is 29.9. The van der Waals surface area contributed by atoms with E-state index in [1.54, 1.807) is 6.07 Å². The topological polar surface area (TPSA) is 392 Å². The van der Waals surface area contributed by atoms with Gasteiger partial charge in [-0.2, -0.15) is 0 Å². The summed E-state index contributed by atoms with van der Waals surface area (Å²) in [4.78, 5) is 21.9. The van der Waals surface area contributed by atoms with Crippen molar-refractivity contribution in [1.29, 1.82) is 0 Å². The molecule has 2 aromatic carbocycles. The lowest BCUT2D eigenvalue weighted by molar-refractivity contribution is -0.384. The number of benzene rings is 2. The fourth-order valence-electron chi connectivity index (χ4n) is 20.1. The van der Waals surface area contributed by atoms with Gasteiger partial charge in [0.25, 0.3) is 21.7 Å². The minimum Gasteiger partial charge on any atom is -0.468 e. The monoisotopic (exact) mass is 2050 g/mol. The van der Waals surface area contributed by atoms with Crippen LogP contribution in [0.4, 0.5) is 22.7 Å². The summed E-state index contributed by atoms with van der Waals surface area (Å²) < 4.78 is 36.6. The third-order valence-electron chi connectivity index (χ3n) is 29.4. The second-order valence-electron chi connectivity index (χ2n) is 42.0. The molecular formula is C114H208N6O20S2. The fraction of sp³-hybridized carbons (Fsp3) is 0.877. The number of rotatable bonds is 98. The highest BCUT2D eigenvalue weighted by Gasteiger charge is 2.48. The number of ether oxygens (including phenoxy) is 6. The molecule has 2 aliphatic rings. The molecule has 0 amide bonds. The molecule has 2 saturated heterocycles. The van der Waals surface area contributed by atoms with Gasteiger partial charge in [-0.15, -0.1) is 0 Å². The Labute approximate surface area is 871 Å². The number of nitrogens with one attached hydrogen (secondary N) is 4. The molecule has 26 nitrogen and oxygen atoms in total. The molecule has 2 aromatic rings. The molecular weight excluding hydrogens is 1840 g/mol. The van der Waals surface area contributed by atoms with Crippen molar-refractivity contribution in [3.8, 4) is 0 Å². The largest absolute Gasteiger partial charge is 0.468 e. The number of para-hydroxylation sites is 2. The molecule has 2 heterocycles. The summed E-state index contributed by atoms with van der Waals surface area (Å²) in [6.07, 6.45) is 68.0. The second kappa shape index (κ2) is 88.7. The van der Waals surface area contributed by atoms with Gasteiger partial charge in [-0.05, 0) is 87.8 Å². The number of anilines is 2. The van der Waals surface area contributed by atoms with Crippen LogP contribution in [0.2, 0.25) is 0 Å². The lowest BCUT2D eigenvalue weighted by atomic mass is 9.92. The fourth-order valence-corrected chi connectivity index (χ4v) is 20.4. The molecule has 826 valence electrons. The molecule has 0 bridgehead atoms. The second-order valence-corrected chi connectivity index (χ2v) is 42.7. The number of hydrogen-bond acceptors (Lipinski definition) is 24. The maximum atomic E-state index is 12.4. The van der Waals surface area contributed by atoms with E-state index >= 15 is 0 Å². The quantitative estimate of drug-likeness (QED) is 0.0127. The number of aliphatic hydroxyl groups is 10. The van der Waals surface area contributed by atoms with E-state index in [0.29, 0.717) is 50.9 Å². The molecule has 17 atom stereocenters. The molecule has 4 unspecified atom stereocenters. The van der Waals surface area contributed by atoms with Gasteiger partial charge in [-0.25, -0.2) is 0 Å². The Bertz CT molecular complexity index is 3280. The summed E-state index contributed by atoms with van der Waals surface area (Å²) in [6, 6.07) is 9.92. The van der Waals surface area contributed by atoms with E-state index < -0.39 is 120 Å². The predicted molar refractivity (Wildman–Crippen MR) is 586 cm³/mol. The third kappa shape index (κ3) is 63.9. The first-order valence-electron chi connectivity index (χ1n) is 58.4. The molecule has 0 spiro atoms. The summed E-state index contributed by atoms with van der Waals surface area (Å²) in [5, 5.41) is 151. The van der Waals surface area contributed by atoms with Gasteiger partial charge in [0.2, 0.25) is 0 Å². The highest BCUT2D eigenvalue weighted by atomic mass is 32.1. The van der Waals surface area contributed by atoms with Gasteiger partial charge in [0.1, 0.15) is 67.7 Å². The van der Waals surface area contributed by atoms with Gasteiger partial charge >= 0.3 is 0 Å². The standard InChI is InChI=1S/C114H208N6O20S2/c1-4-7-10-13-16-19-22-25-27-29-31-33-35-37-39-41-43-45-49-54-59-64-69-76-87-115-95(89-135-111-109(129)107(127)105(125)100(139-111)90-136-113(141)117-92-83-85-93(86-84-92)119(131)132)103(123)97(121)80-71-66-61-56-52-47-48-53-58-63-68-73-82-99(138-112-110(130)108(128)106(126)101(140-112)91-137-114(142)118-94-78-74-75-79-96(94)120(133)134)102(104(124)98(122)81-72-67-62-57-51-24-21-18-15-12-9-6-3)116-88-77-70-65-60-55-50-46-44-42-40-38-36-34-32-30-28-26-23-20-17-14-11-8-5-2/h74-75,78-79,83-86,95,97-112,115-116,121-130H,4-73,76-77,80-82,87-91H2,1-3H3,(H,117,141)(H,118,142)/t95?,97?,98-,99?,100-,101-,102-,103?,104-,105+,106+,107+,108+,109-,110-,111+,112+/m1/s1. The van der Waals surface area contributed by atoms with Crippen molar-refractivity contribution >= 4 is 57.5 Å². The van der Waals surface area contributed by atoms with Crippen molar-refractivity contribution in [2.45, 2.75) is 606 Å². The Hall–Kier alpha value is -4.02. The minimum absolute atomic E-state index is 0.0954. The van der Waals surface area contributed by atoms with Crippen LogP contribution >= 0.6 is 24.4 Å². The van der Waals surface area contributed by atoms with Crippen molar-refractivity contribution in [3.05, 3.63) is 68.8 Å². The minimum atomic E-state index is -1.73. The summed E-state index contributed by atoms with van der Waals surface area (Å²) in [7, 11) is 0. The first-order valence-corrected chi connectivity index (χ1v) is 59.2. The van der Waals surface area contributed by atoms with Gasteiger partial charge in [-0.3, -0.25) is 20.2 Å². The average Bonchev–Trinajstić information content (AvgIpc) is 0.828. The molecule has 4 rings (SSSR count). The zero-order valence-electron chi connectivity index (χ0n) is 89.3. The van der Waals surface area contributed by atoms with E-state index in [2.05, 4.69) is 42.0 Å². The molecule has 0 saturated carbocycles. The van der Waals surface area contributed by atoms with Crippen LogP contribution in [0, 0.1) is 20.2 Å². The summed E-state index contributed by atoms with van der Waals surface area (Å²) in [5.74, 6) is 0. The van der Waals surface area contributed by atoms with Crippen LogP contribution in [-0.2, 0) is 28.4 Å². The van der Waals surface area contributed by atoms with Crippen LogP contribution in [0.15, 0.2) is 48.5 Å². The zero-order chi connectivity index (χ0) is 103. The first-order chi connectivity index (χ1) is 69.2. The van der Waals surface area contributed by atoms with Gasteiger partial charge < -0.3 is 101 Å². The summed E-state index contributed by atoms with van der Waals surface area (Å²) >= 11 is 10.8. The lowest BCUT2D eigenvalue weighted by Crippen LogP contribution is -2.62. The van der Waals surface area contributed by atoms with Crippen LogP contribution in [0.25, 0.3) is 0 Å². The highest BCUT2D eigenvalue weighted by molar-refractivity contribution is 7.80. The Balaban J connectivity index is 1.30. The number of thiocarbonyl (C=S) groups is 2. The first kappa shape index (κ1) is 130. The smallest absolute Gasteiger partial charge is 0.292 e. The number of aliphatic hydroxyl groups excluding tert-OH is 10. The van der Waals surface area contributed by atoms with Crippen molar-refractivity contribution in [3.63, 3.8) is 0 Å². The maximum absolute atomic E-state index is 12.4. The van der Waals surface area contributed by atoms with Crippen molar-refractivity contribution in [2.24, 2.45) is 0 Å². The molecule has 0 aliphatic carbocycles. The molecule has 0 aromatic heterocycles. The number of unbranched alkanes of at least 4 members (excludes halogenated alkanes) is 68. The number of nitrogens with zero attached hydrogens (tertiary/aromatic N) is 2. The highest BCUT2D eigenvalue weighted by Crippen LogP contribution is 2.32. The molecule has 28 heteroatoms. The van der Waals surface area contributed by atoms with E-state index in [-0.39, 0.29) is 40.6 Å². The molecule has 0 radical (unpaired) electrons. The Morgan fingerprint density at radius 3 is 0.986 bits per heavy atom. The van der Waals surface area contributed by atoms with Crippen LogP contribution in [-0.4, -0.2) is 208 Å². The van der Waals surface area contributed by atoms with Crippen molar-refractivity contribution < 1.29 is 89.3 Å². The van der Waals surface area contributed by atoms with E-state index in [9.17, 15) is 71.3 Å². The lowest BCUT2D eigenvalue weighted by Gasteiger charge is -2.43. The normalized spacial score (nSPS) is 19.8. The average molecular weight is 2050 g/mol. The van der Waals surface area contributed by atoms with Crippen LogP contribution in [0.3, 0.4) is 0 Å². The molecule has 2 aliphatic heterocycles. The van der Waals surface area contributed by atoms with Gasteiger partial charge in [-0.1, -0.05) is 482 Å². The van der Waals surface area contributed by atoms with Crippen molar-refractivity contribution in [2.75, 3.05) is 43.5 Å². The number of hydrogen-bond donors (Lipinski definition) is 14. The van der Waals surface area contributed by atoms with E-state index in [4.69, 9.17) is 52.9 Å². The Kier molecular flexibility index (Phi) is 81.4. The van der Waals surface area contributed by atoms with Crippen LogP contribution in [0.1, 0.15) is 502 Å². The number of nitro groups is 2. The maximum Gasteiger partial charge on any atom is 0.292 e.